The van der Waals surface area contributed by atoms with Crippen LogP contribution in [0.25, 0.3) is 0 Å². The van der Waals surface area contributed by atoms with Crippen molar-refractivity contribution in [1.82, 2.24) is 4.90 Å². The van der Waals surface area contributed by atoms with Crippen molar-refractivity contribution >= 4 is 0 Å². The minimum Gasteiger partial charge on any atom is -0.366 e. The highest BCUT2D eigenvalue weighted by Gasteiger charge is 2.73. The minimum atomic E-state index is -1.66. The maximum atomic E-state index is 13.3. The zero-order valence-electron chi connectivity index (χ0n) is 14.0. The van der Waals surface area contributed by atoms with Crippen LogP contribution < -0.4 is 0 Å². The monoisotopic (exact) mass is 319 g/mol. The van der Waals surface area contributed by atoms with E-state index in [-0.39, 0.29) is 16.9 Å². The van der Waals surface area contributed by atoms with Crippen LogP contribution in [0.1, 0.15) is 59.8 Å². The summed E-state index contributed by atoms with van der Waals surface area (Å²) in [5.74, 6) is -3.16. The van der Waals surface area contributed by atoms with Crippen LogP contribution in [0, 0.1) is 10.8 Å². The van der Waals surface area contributed by atoms with Gasteiger partial charge >= 0.3 is 0 Å². The first-order valence-electron chi connectivity index (χ1n) is 8.28. The lowest BCUT2D eigenvalue weighted by Crippen LogP contribution is -2.45. The van der Waals surface area contributed by atoms with Crippen molar-refractivity contribution in [2.24, 2.45) is 10.8 Å². The second kappa shape index (κ2) is 5.38. The first-order chi connectivity index (χ1) is 9.98. The summed E-state index contributed by atoms with van der Waals surface area (Å²) in [4.78, 5) is 1.76. The first-order valence-corrected chi connectivity index (χ1v) is 8.28. The molecule has 130 valence electrons. The van der Waals surface area contributed by atoms with Gasteiger partial charge in [-0.3, -0.25) is 0 Å². The fraction of sp³-hybridized carbons (Fsp3) is 1.00. The summed E-state index contributed by atoms with van der Waals surface area (Å²) in [5.41, 5.74) is -0.0906. The Bertz CT molecular complexity index is 399. The van der Waals surface area contributed by atoms with E-state index in [0.29, 0.717) is 19.4 Å². The zero-order valence-corrected chi connectivity index (χ0v) is 14.0. The first kappa shape index (κ1) is 18.1. The van der Waals surface area contributed by atoms with Crippen LogP contribution in [0.5, 0.6) is 0 Å². The van der Waals surface area contributed by atoms with Crippen molar-refractivity contribution in [1.29, 1.82) is 0 Å². The highest BCUT2D eigenvalue weighted by atomic mass is 19.1. The Morgan fingerprint density at radius 2 is 1.50 bits per heavy atom. The van der Waals surface area contributed by atoms with Crippen LogP contribution in [-0.2, 0) is 0 Å². The second-order valence-electron chi connectivity index (χ2n) is 7.69. The molecule has 5 nitrogen and oxygen atoms in total. The lowest BCUT2D eigenvalue weighted by atomic mass is 9.90. The Labute approximate surface area is 131 Å². The van der Waals surface area contributed by atoms with Gasteiger partial charge in [0.05, 0.1) is 0 Å². The van der Waals surface area contributed by atoms with Gasteiger partial charge in [-0.2, -0.15) is 0 Å². The summed E-state index contributed by atoms with van der Waals surface area (Å²) in [6.07, 6.45) is 3.42. The zero-order chi connectivity index (χ0) is 17.0. The highest BCUT2D eigenvalue weighted by Crippen LogP contribution is 2.70. The molecule has 2 saturated carbocycles. The molecule has 22 heavy (non-hydrogen) atoms. The van der Waals surface area contributed by atoms with Crippen LogP contribution in [0.2, 0.25) is 0 Å². The largest absolute Gasteiger partial charge is 0.366 e. The van der Waals surface area contributed by atoms with Crippen LogP contribution in [0.15, 0.2) is 0 Å². The number of fused-ring (bicyclic) bond motifs is 2. The molecule has 4 rings (SSSR count). The maximum Gasteiger partial charge on any atom is 0.225 e. The molecule has 4 fully saturated rings. The third-order valence-corrected chi connectivity index (χ3v) is 5.20. The molecule has 2 aliphatic heterocycles. The Balaban J connectivity index is 0.000000219. The van der Waals surface area contributed by atoms with Gasteiger partial charge in [0.15, 0.2) is 5.79 Å². The van der Waals surface area contributed by atoms with Crippen molar-refractivity contribution in [2.75, 3.05) is 6.54 Å². The second-order valence-corrected chi connectivity index (χ2v) is 7.69. The molecule has 4 N–H and O–H groups in total. The van der Waals surface area contributed by atoms with E-state index < -0.39 is 17.9 Å². The lowest BCUT2D eigenvalue weighted by molar-refractivity contribution is -0.247. The van der Waals surface area contributed by atoms with Gasteiger partial charge in [-0.25, -0.2) is 9.29 Å². The third kappa shape index (κ3) is 3.31. The number of halogens is 1. The molecular formula is C16H30FNO4. The van der Waals surface area contributed by atoms with Gasteiger partial charge < -0.3 is 20.4 Å². The molecular weight excluding hydrogens is 289 g/mol. The molecule has 2 spiro atoms. The van der Waals surface area contributed by atoms with E-state index in [9.17, 15) is 14.6 Å². The molecule has 4 aliphatic rings. The normalized spacial score (nSPS) is 39.7. The van der Waals surface area contributed by atoms with Gasteiger partial charge in [0, 0.05) is 24.4 Å². The summed E-state index contributed by atoms with van der Waals surface area (Å²) in [5, 5.41) is 36.0. The summed E-state index contributed by atoms with van der Waals surface area (Å²) in [6.45, 7) is 7.15. The van der Waals surface area contributed by atoms with Gasteiger partial charge in [0.25, 0.3) is 0 Å². The summed E-state index contributed by atoms with van der Waals surface area (Å²) < 4.78 is 13.3. The third-order valence-electron chi connectivity index (χ3n) is 5.20. The van der Waals surface area contributed by atoms with Crippen molar-refractivity contribution in [3.05, 3.63) is 0 Å². The van der Waals surface area contributed by atoms with Gasteiger partial charge in [-0.05, 0) is 44.9 Å². The SMILES string of the molecule is CC.CC(C)(O)O.OC1(O)CC2(CC2)C2C[C@@]3(CC3F)CN21. The van der Waals surface area contributed by atoms with Gasteiger partial charge in [-0.15, -0.1) is 0 Å². The molecule has 0 aromatic rings. The Hall–Kier alpha value is -0.270. The number of hydrogen-bond acceptors (Lipinski definition) is 5. The van der Waals surface area contributed by atoms with Crippen molar-refractivity contribution < 1.29 is 24.8 Å². The topological polar surface area (TPSA) is 84.2 Å². The van der Waals surface area contributed by atoms with E-state index in [2.05, 4.69) is 0 Å². The minimum absolute atomic E-state index is 0.120. The number of rotatable bonds is 0. The average molecular weight is 319 g/mol. The summed E-state index contributed by atoms with van der Waals surface area (Å²) in [7, 11) is 0. The van der Waals surface area contributed by atoms with Crippen molar-refractivity contribution in [2.45, 2.75) is 83.7 Å². The van der Waals surface area contributed by atoms with Gasteiger partial charge in [-0.1, -0.05) is 13.8 Å². The quantitative estimate of drug-likeness (QED) is 0.507. The number of nitrogens with zero attached hydrogens (tertiary/aromatic N) is 1. The smallest absolute Gasteiger partial charge is 0.225 e. The summed E-state index contributed by atoms with van der Waals surface area (Å²) in [6, 6.07) is 0.230. The van der Waals surface area contributed by atoms with Gasteiger partial charge in [0.2, 0.25) is 5.91 Å². The fourth-order valence-corrected chi connectivity index (χ4v) is 3.97. The average Bonchev–Trinajstić information content (AvgIpc) is 3.16. The molecule has 2 unspecified atom stereocenters. The van der Waals surface area contributed by atoms with Crippen LogP contribution in [-0.4, -0.2) is 55.8 Å². The molecule has 6 heteroatoms. The lowest BCUT2D eigenvalue weighted by Gasteiger charge is -2.27. The van der Waals surface area contributed by atoms with Crippen LogP contribution in [0.4, 0.5) is 4.39 Å². The molecule has 0 aromatic heterocycles. The molecule has 0 bridgehead atoms. The van der Waals surface area contributed by atoms with E-state index in [1.54, 1.807) is 4.90 Å². The van der Waals surface area contributed by atoms with E-state index in [1.807, 2.05) is 13.8 Å². The molecule has 3 atom stereocenters. The van der Waals surface area contributed by atoms with E-state index >= 15 is 0 Å². The maximum absolute atomic E-state index is 13.3. The molecule has 2 aliphatic carbocycles. The number of alkyl halides is 1. The Morgan fingerprint density at radius 3 is 1.86 bits per heavy atom. The van der Waals surface area contributed by atoms with Crippen molar-refractivity contribution in [3.8, 4) is 0 Å². The highest BCUT2D eigenvalue weighted by molar-refractivity contribution is 5.22. The summed E-state index contributed by atoms with van der Waals surface area (Å²) >= 11 is 0. The molecule has 0 radical (unpaired) electrons. The van der Waals surface area contributed by atoms with Crippen LogP contribution in [0.3, 0.4) is 0 Å². The Morgan fingerprint density at radius 1 is 1.05 bits per heavy atom. The van der Waals surface area contributed by atoms with E-state index in [4.69, 9.17) is 10.2 Å². The number of hydrogen-bond donors (Lipinski definition) is 4. The molecule has 2 saturated heterocycles. The van der Waals surface area contributed by atoms with Crippen molar-refractivity contribution in [3.63, 3.8) is 0 Å². The predicted octanol–water partition coefficient (Wildman–Crippen LogP) is 1.34. The van der Waals surface area contributed by atoms with E-state index in [1.165, 1.54) is 13.8 Å². The van der Waals surface area contributed by atoms with Crippen LogP contribution >= 0.6 is 0 Å². The fourth-order valence-electron chi connectivity index (χ4n) is 3.97. The Kier molecular flexibility index (Phi) is 4.42. The van der Waals surface area contributed by atoms with E-state index in [0.717, 1.165) is 19.3 Å². The molecule has 2 heterocycles. The standard InChI is InChI=1S/C11H16FNO2.C3H8O2.C2H6/c12-7-3-10(7)4-8-9(1-2-9)5-11(14,15)13(8)6-10;1-3(2,4)5;1-2/h7-8,14-15H,1-6H2;4-5H,1-2H3;1-2H3/t7?,8?,10-;;/m0../s1. The predicted molar refractivity (Wildman–Crippen MR) is 80.4 cm³/mol. The molecule has 0 aromatic carbocycles. The van der Waals surface area contributed by atoms with Gasteiger partial charge in [0.1, 0.15) is 6.17 Å². The number of aliphatic hydroxyl groups is 4. The molecule has 0 amide bonds.